The third kappa shape index (κ3) is 4.71. The second-order valence-electron chi connectivity index (χ2n) is 4.88. The molecule has 1 heterocycles. The summed E-state index contributed by atoms with van der Waals surface area (Å²) in [6.07, 6.45) is 0. The number of carboxylic acids is 1. The van der Waals surface area contributed by atoms with Crippen molar-refractivity contribution in [2.45, 2.75) is 27.3 Å². The fourth-order valence-corrected chi connectivity index (χ4v) is 1.82. The lowest BCUT2D eigenvalue weighted by molar-refractivity contribution is -0.138. The fraction of sp³-hybridized carbons (Fsp3) is 0.538. The number of hydrogen-bond donors (Lipinski definition) is 2. The number of carboxylic acid groups (broad SMARTS) is 1. The van der Waals surface area contributed by atoms with E-state index in [0.29, 0.717) is 24.7 Å². The molecule has 0 spiro atoms. The summed E-state index contributed by atoms with van der Waals surface area (Å²) in [6, 6.07) is 3.31. The SMILES string of the molecule is Cc1ccc(O)c(CN(CC(=O)O)CC(C)C)n1. The molecule has 2 N–H and O–H groups in total. The molecule has 5 nitrogen and oxygen atoms in total. The zero-order valence-electron chi connectivity index (χ0n) is 11.1. The Morgan fingerprint density at radius 2 is 2.11 bits per heavy atom. The van der Waals surface area contributed by atoms with Gasteiger partial charge >= 0.3 is 5.97 Å². The summed E-state index contributed by atoms with van der Waals surface area (Å²) < 4.78 is 0. The Morgan fingerprint density at radius 3 is 2.67 bits per heavy atom. The molecular formula is C13H20N2O3. The molecule has 0 amide bonds. The summed E-state index contributed by atoms with van der Waals surface area (Å²) in [5.74, 6) is -0.404. The van der Waals surface area contributed by atoms with Crippen LogP contribution in [-0.4, -0.2) is 39.2 Å². The van der Waals surface area contributed by atoms with Crippen LogP contribution in [0.25, 0.3) is 0 Å². The number of pyridine rings is 1. The standard InChI is InChI=1S/C13H20N2O3/c1-9(2)6-15(8-13(17)18)7-11-12(16)5-4-10(3)14-11/h4-5,9,16H,6-8H2,1-3H3,(H,17,18). The molecule has 0 unspecified atom stereocenters. The summed E-state index contributed by atoms with van der Waals surface area (Å²) >= 11 is 0. The molecule has 0 aromatic carbocycles. The maximum absolute atomic E-state index is 10.8. The largest absolute Gasteiger partial charge is 0.506 e. The second-order valence-corrected chi connectivity index (χ2v) is 4.88. The fourth-order valence-electron chi connectivity index (χ4n) is 1.82. The minimum Gasteiger partial charge on any atom is -0.506 e. The van der Waals surface area contributed by atoms with E-state index < -0.39 is 5.97 Å². The molecule has 1 aromatic heterocycles. The number of carbonyl (C=O) groups is 1. The van der Waals surface area contributed by atoms with Gasteiger partial charge in [0.15, 0.2) is 0 Å². The molecule has 0 saturated heterocycles. The van der Waals surface area contributed by atoms with Crippen LogP contribution in [-0.2, 0) is 11.3 Å². The lowest BCUT2D eigenvalue weighted by Gasteiger charge is -2.22. The van der Waals surface area contributed by atoms with Gasteiger partial charge in [0.2, 0.25) is 0 Å². The molecule has 0 aliphatic rings. The highest BCUT2D eigenvalue weighted by molar-refractivity contribution is 5.69. The zero-order valence-corrected chi connectivity index (χ0v) is 11.1. The molecular weight excluding hydrogens is 232 g/mol. The van der Waals surface area contributed by atoms with E-state index in [9.17, 15) is 9.90 Å². The van der Waals surface area contributed by atoms with E-state index in [4.69, 9.17) is 5.11 Å². The van der Waals surface area contributed by atoms with Crippen LogP contribution in [0.1, 0.15) is 25.2 Å². The molecule has 5 heteroatoms. The number of aliphatic carboxylic acids is 1. The van der Waals surface area contributed by atoms with Crippen molar-refractivity contribution in [2.24, 2.45) is 5.92 Å². The van der Waals surface area contributed by atoms with Crippen molar-refractivity contribution >= 4 is 5.97 Å². The van der Waals surface area contributed by atoms with Crippen LogP contribution < -0.4 is 0 Å². The molecule has 0 fully saturated rings. The molecule has 0 bridgehead atoms. The predicted molar refractivity (Wildman–Crippen MR) is 68.4 cm³/mol. The second kappa shape index (κ2) is 6.35. The smallest absolute Gasteiger partial charge is 0.317 e. The number of aromatic hydroxyl groups is 1. The van der Waals surface area contributed by atoms with Crippen LogP contribution in [0.5, 0.6) is 5.75 Å². The third-order valence-corrected chi connectivity index (χ3v) is 2.44. The number of aryl methyl sites for hydroxylation is 1. The quantitative estimate of drug-likeness (QED) is 0.805. The number of hydrogen-bond acceptors (Lipinski definition) is 4. The Labute approximate surface area is 107 Å². The number of rotatable bonds is 6. The number of aromatic nitrogens is 1. The molecule has 0 saturated carbocycles. The van der Waals surface area contributed by atoms with Gasteiger partial charge in [0.05, 0.1) is 12.2 Å². The van der Waals surface area contributed by atoms with Gasteiger partial charge in [0.25, 0.3) is 0 Å². The maximum Gasteiger partial charge on any atom is 0.317 e. The van der Waals surface area contributed by atoms with Gasteiger partial charge in [-0.1, -0.05) is 13.8 Å². The average Bonchev–Trinajstić information content (AvgIpc) is 2.21. The van der Waals surface area contributed by atoms with E-state index in [1.807, 2.05) is 20.8 Å². The topological polar surface area (TPSA) is 73.7 Å². The first-order valence-corrected chi connectivity index (χ1v) is 5.98. The van der Waals surface area contributed by atoms with Gasteiger partial charge in [-0.3, -0.25) is 14.7 Å². The van der Waals surface area contributed by atoms with Crippen LogP contribution in [0.15, 0.2) is 12.1 Å². The first kappa shape index (κ1) is 14.4. The normalized spacial score (nSPS) is 11.2. The zero-order chi connectivity index (χ0) is 13.7. The first-order chi connectivity index (χ1) is 8.38. The molecule has 100 valence electrons. The highest BCUT2D eigenvalue weighted by Gasteiger charge is 2.14. The summed E-state index contributed by atoms with van der Waals surface area (Å²) in [7, 11) is 0. The molecule has 1 aromatic rings. The van der Waals surface area contributed by atoms with Gasteiger partial charge in [-0.15, -0.1) is 0 Å². The molecule has 18 heavy (non-hydrogen) atoms. The summed E-state index contributed by atoms with van der Waals surface area (Å²) in [4.78, 5) is 16.8. The monoisotopic (exact) mass is 252 g/mol. The third-order valence-electron chi connectivity index (χ3n) is 2.44. The number of nitrogens with zero attached hydrogens (tertiary/aromatic N) is 2. The van der Waals surface area contributed by atoms with Crippen molar-refractivity contribution in [2.75, 3.05) is 13.1 Å². The molecule has 1 rings (SSSR count). The first-order valence-electron chi connectivity index (χ1n) is 5.98. The van der Waals surface area contributed by atoms with Gasteiger partial charge in [-0.25, -0.2) is 0 Å². The Hall–Kier alpha value is -1.62. The van der Waals surface area contributed by atoms with Crippen LogP contribution in [0.4, 0.5) is 0 Å². The van der Waals surface area contributed by atoms with Crippen molar-refractivity contribution in [1.82, 2.24) is 9.88 Å². The van der Waals surface area contributed by atoms with Crippen molar-refractivity contribution in [3.8, 4) is 5.75 Å². The highest BCUT2D eigenvalue weighted by Crippen LogP contribution is 2.17. The van der Waals surface area contributed by atoms with E-state index in [1.54, 1.807) is 17.0 Å². The lowest BCUT2D eigenvalue weighted by atomic mass is 10.2. The van der Waals surface area contributed by atoms with Crippen LogP contribution in [0, 0.1) is 12.8 Å². The minimum absolute atomic E-state index is 0.0484. The Balaban J connectivity index is 2.81. The van der Waals surface area contributed by atoms with Crippen LogP contribution >= 0.6 is 0 Å². The van der Waals surface area contributed by atoms with Crippen molar-refractivity contribution < 1.29 is 15.0 Å². The van der Waals surface area contributed by atoms with Gasteiger partial charge in [-0.2, -0.15) is 0 Å². The van der Waals surface area contributed by atoms with E-state index in [1.165, 1.54) is 0 Å². The maximum atomic E-state index is 10.8. The molecule has 0 aliphatic carbocycles. The molecule has 0 atom stereocenters. The van der Waals surface area contributed by atoms with Crippen molar-refractivity contribution in [3.05, 3.63) is 23.5 Å². The van der Waals surface area contributed by atoms with Gasteiger partial charge < -0.3 is 10.2 Å². The van der Waals surface area contributed by atoms with E-state index in [0.717, 1.165) is 5.69 Å². The van der Waals surface area contributed by atoms with Crippen LogP contribution in [0.2, 0.25) is 0 Å². The Bertz CT molecular complexity index is 419. The summed E-state index contributed by atoms with van der Waals surface area (Å²) in [5.41, 5.74) is 1.33. The van der Waals surface area contributed by atoms with Gasteiger partial charge in [0, 0.05) is 18.8 Å². The summed E-state index contributed by atoms with van der Waals surface area (Å²) in [6.45, 7) is 6.84. The highest BCUT2D eigenvalue weighted by atomic mass is 16.4. The van der Waals surface area contributed by atoms with E-state index in [2.05, 4.69) is 4.98 Å². The Morgan fingerprint density at radius 1 is 1.44 bits per heavy atom. The lowest BCUT2D eigenvalue weighted by Crippen LogP contribution is -2.32. The summed E-state index contributed by atoms with van der Waals surface area (Å²) in [5, 5.41) is 18.6. The predicted octanol–water partition coefficient (Wildman–Crippen LogP) is 1.64. The Kier molecular flexibility index (Phi) is 5.09. The van der Waals surface area contributed by atoms with E-state index in [-0.39, 0.29) is 12.3 Å². The van der Waals surface area contributed by atoms with Crippen LogP contribution in [0.3, 0.4) is 0 Å². The van der Waals surface area contributed by atoms with E-state index >= 15 is 0 Å². The van der Waals surface area contributed by atoms with Crippen molar-refractivity contribution in [1.29, 1.82) is 0 Å². The molecule has 0 radical (unpaired) electrons. The van der Waals surface area contributed by atoms with Gasteiger partial charge in [-0.05, 0) is 25.0 Å². The minimum atomic E-state index is -0.872. The average molecular weight is 252 g/mol. The molecule has 0 aliphatic heterocycles. The van der Waals surface area contributed by atoms with Gasteiger partial charge in [0.1, 0.15) is 5.75 Å². The van der Waals surface area contributed by atoms with Crippen molar-refractivity contribution in [3.63, 3.8) is 0 Å².